The van der Waals surface area contributed by atoms with E-state index < -0.39 is 0 Å². The molecule has 2 nitrogen and oxygen atoms in total. The Labute approximate surface area is 81.7 Å². The van der Waals surface area contributed by atoms with Crippen LogP contribution in [0.25, 0.3) is 0 Å². The minimum atomic E-state index is 0.782. The Hall–Kier alpha value is -0.0800. The maximum Gasteiger partial charge on any atom is 0.0110 e. The number of rotatable bonds is 2. The first-order valence-electron chi connectivity index (χ1n) is 5.87. The van der Waals surface area contributed by atoms with E-state index in [0.29, 0.717) is 0 Å². The van der Waals surface area contributed by atoms with E-state index in [2.05, 4.69) is 17.1 Å². The van der Waals surface area contributed by atoms with Gasteiger partial charge in [0.2, 0.25) is 0 Å². The van der Waals surface area contributed by atoms with Gasteiger partial charge in [-0.3, -0.25) is 4.90 Å². The van der Waals surface area contributed by atoms with E-state index in [1.54, 1.807) is 0 Å². The molecule has 0 bridgehead atoms. The Kier molecular flexibility index (Phi) is 3.23. The fourth-order valence-corrected chi connectivity index (χ4v) is 2.41. The van der Waals surface area contributed by atoms with Crippen molar-refractivity contribution in [2.24, 2.45) is 0 Å². The Morgan fingerprint density at radius 3 is 2.69 bits per heavy atom. The molecule has 2 aliphatic rings. The summed E-state index contributed by atoms with van der Waals surface area (Å²) in [4.78, 5) is 2.70. The summed E-state index contributed by atoms with van der Waals surface area (Å²) in [6.45, 7) is 6.10. The predicted octanol–water partition coefficient (Wildman–Crippen LogP) is 1.61. The van der Waals surface area contributed by atoms with E-state index in [1.165, 1.54) is 51.7 Å². The first-order valence-corrected chi connectivity index (χ1v) is 5.87. The van der Waals surface area contributed by atoms with Gasteiger partial charge in [0, 0.05) is 25.2 Å². The highest BCUT2D eigenvalue weighted by Crippen LogP contribution is 2.25. The van der Waals surface area contributed by atoms with Crippen molar-refractivity contribution >= 4 is 0 Å². The van der Waals surface area contributed by atoms with Crippen LogP contribution in [-0.2, 0) is 0 Å². The molecule has 0 amide bonds. The van der Waals surface area contributed by atoms with Gasteiger partial charge in [0.25, 0.3) is 0 Å². The third kappa shape index (κ3) is 2.23. The molecule has 1 aliphatic heterocycles. The molecular formula is C11H22N2. The summed E-state index contributed by atoms with van der Waals surface area (Å²) >= 11 is 0. The molecule has 0 aromatic heterocycles. The van der Waals surface area contributed by atoms with Crippen molar-refractivity contribution in [3.63, 3.8) is 0 Å². The van der Waals surface area contributed by atoms with E-state index in [1.807, 2.05) is 0 Å². The molecule has 0 spiro atoms. The molecule has 2 rings (SSSR count). The highest BCUT2D eigenvalue weighted by Gasteiger charge is 2.26. The molecule has 0 aromatic carbocycles. The molecule has 2 fully saturated rings. The summed E-state index contributed by atoms with van der Waals surface area (Å²) in [5.41, 5.74) is 0. The maximum atomic E-state index is 3.62. The second-order valence-corrected chi connectivity index (χ2v) is 4.47. The number of hydrogen-bond donors (Lipinski definition) is 1. The van der Waals surface area contributed by atoms with Crippen LogP contribution in [0.5, 0.6) is 0 Å². The molecule has 0 aromatic rings. The fourth-order valence-electron chi connectivity index (χ4n) is 2.41. The Morgan fingerprint density at radius 2 is 2.08 bits per heavy atom. The molecule has 13 heavy (non-hydrogen) atoms. The zero-order valence-electron chi connectivity index (χ0n) is 8.76. The predicted molar refractivity (Wildman–Crippen MR) is 55.9 cm³/mol. The molecule has 1 N–H and O–H groups in total. The minimum Gasteiger partial charge on any atom is -0.313 e. The average Bonchev–Trinajstić information content (AvgIpc) is 2.27. The Balaban J connectivity index is 1.79. The van der Waals surface area contributed by atoms with Crippen LogP contribution >= 0.6 is 0 Å². The lowest BCUT2D eigenvalue weighted by atomic mass is 9.91. The van der Waals surface area contributed by atoms with Crippen molar-refractivity contribution in [3.05, 3.63) is 0 Å². The first kappa shape index (κ1) is 9.47. The van der Waals surface area contributed by atoms with Gasteiger partial charge in [0.15, 0.2) is 0 Å². The molecule has 1 saturated heterocycles. The van der Waals surface area contributed by atoms with Crippen LogP contribution < -0.4 is 5.32 Å². The van der Waals surface area contributed by atoms with E-state index in [0.717, 1.165) is 12.1 Å². The van der Waals surface area contributed by atoms with Gasteiger partial charge in [-0.05, 0) is 32.2 Å². The van der Waals surface area contributed by atoms with Crippen LogP contribution in [0.3, 0.4) is 0 Å². The summed E-state index contributed by atoms with van der Waals surface area (Å²) in [6.07, 6.45) is 7.02. The smallest absolute Gasteiger partial charge is 0.0110 e. The SMILES string of the molecule is CCC1CCN(C2CCC2)CCN1. The molecule has 0 radical (unpaired) electrons. The van der Waals surface area contributed by atoms with Gasteiger partial charge in [-0.1, -0.05) is 13.3 Å². The number of nitrogens with one attached hydrogen (secondary N) is 1. The van der Waals surface area contributed by atoms with Gasteiger partial charge in [-0.2, -0.15) is 0 Å². The van der Waals surface area contributed by atoms with E-state index in [4.69, 9.17) is 0 Å². The zero-order chi connectivity index (χ0) is 9.10. The van der Waals surface area contributed by atoms with Crippen LogP contribution in [-0.4, -0.2) is 36.6 Å². The topological polar surface area (TPSA) is 15.3 Å². The van der Waals surface area contributed by atoms with E-state index in [9.17, 15) is 0 Å². The lowest BCUT2D eigenvalue weighted by molar-refractivity contribution is 0.135. The largest absolute Gasteiger partial charge is 0.313 e. The molecule has 1 atom stereocenters. The summed E-state index contributed by atoms with van der Waals surface area (Å²) in [7, 11) is 0. The Morgan fingerprint density at radius 1 is 1.23 bits per heavy atom. The second-order valence-electron chi connectivity index (χ2n) is 4.47. The molecular weight excluding hydrogens is 160 g/mol. The highest BCUT2D eigenvalue weighted by molar-refractivity contribution is 4.83. The Bertz CT molecular complexity index is 154. The van der Waals surface area contributed by atoms with Crippen LogP contribution in [0.15, 0.2) is 0 Å². The third-order valence-corrected chi connectivity index (χ3v) is 3.68. The van der Waals surface area contributed by atoms with Crippen molar-refractivity contribution in [2.45, 2.75) is 51.1 Å². The summed E-state index contributed by atoms with van der Waals surface area (Å²) in [6, 6.07) is 1.72. The van der Waals surface area contributed by atoms with E-state index >= 15 is 0 Å². The van der Waals surface area contributed by atoms with Crippen molar-refractivity contribution in [3.8, 4) is 0 Å². The van der Waals surface area contributed by atoms with Crippen LogP contribution in [0.4, 0.5) is 0 Å². The summed E-state index contributed by atoms with van der Waals surface area (Å²) < 4.78 is 0. The maximum absolute atomic E-state index is 3.62. The quantitative estimate of drug-likeness (QED) is 0.698. The van der Waals surface area contributed by atoms with Gasteiger partial charge >= 0.3 is 0 Å². The van der Waals surface area contributed by atoms with Crippen molar-refractivity contribution in [2.75, 3.05) is 19.6 Å². The highest BCUT2D eigenvalue weighted by atomic mass is 15.2. The number of hydrogen-bond acceptors (Lipinski definition) is 2. The average molecular weight is 182 g/mol. The van der Waals surface area contributed by atoms with Gasteiger partial charge in [0.05, 0.1) is 0 Å². The van der Waals surface area contributed by atoms with Crippen molar-refractivity contribution in [1.29, 1.82) is 0 Å². The van der Waals surface area contributed by atoms with Gasteiger partial charge < -0.3 is 5.32 Å². The van der Waals surface area contributed by atoms with Crippen LogP contribution in [0.1, 0.15) is 39.0 Å². The summed E-state index contributed by atoms with van der Waals surface area (Å²) in [5.74, 6) is 0. The van der Waals surface area contributed by atoms with E-state index in [-0.39, 0.29) is 0 Å². The molecule has 1 aliphatic carbocycles. The van der Waals surface area contributed by atoms with Gasteiger partial charge in [-0.25, -0.2) is 0 Å². The van der Waals surface area contributed by atoms with Crippen LogP contribution in [0.2, 0.25) is 0 Å². The lowest BCUT2D eigenvalue weighted by Crippen LogP contribution is -2.41. The normalized spacial score (nSPS) is 32.5. The van der Waals surface area contributed by atoms with Gasteiger partial charge in [0.1, 0.15) is 0 Å². The molecule has 76 valence electrons. The first-order chi connectivity index (χ1) is 6.40. The van der Waals surface area contributed by atoms with Crippen LogP contribution in [0, 0.1) is 0 Å². The monoisotopic (exact) mass is 182 g/mol. The van der Waals surface area contributed by atoms with Crippen molar-refractivity contribution < 1.29 is 0 Å². The zero-order valence-corrected chi connectivity index (χ0v) is 8.76. The molecule has 2 heteroatoms. The molecule has 1 unspecified atom stereocenters. The number of nitrogens with zero attached hydrogens (tertiary/aromatic N) is 1. The third-order valence-electron chi connectivity index (χ3n) is 3.68. The summed E-state index contributed by atoms with van der Waals surface area (Å²) in [5, 5.41) is 3.62. The molecule has 1 saturated carbocycles. The molecule has 1 heterocycles. The lowest BCUT2D eigenvalue weighted by Gasteiger charge is -2.36. The van der Waals surface area contributed by atoms with Crippen molar-refractivity contribution in [1.82, 2.24) is 10.2 Å². The van der Waals surface area contributed by atoms with Gasteiger partial charge in [-0.15, -0.1) is 0 Å². The fraction of sp³-hybridized carbons (Fsp3) is 1.00. The second kappa shape index (κ2) is 4.43. The minimum absolute atomic E-state index is 0.782. The standard InChI is InChI=1S/C11H22N2/c1-2-10-6-8-13(9-7-12-10)11-4-3-5-11/h10-12H,2-9H2,1H3.